The Labute approximate surface area is 101 Å². The summed E-state index contributed by atoms with van der Waals surface area (Å²) in [4.78, 5) is 11.0. The van der Waals surface area contributed by atoms with E-state index in [1.807, 2.05) is 11.5 Å². The van der Waals surface area contributed by atoms with Gasteiger partial charge in [-0.1, -0.05) is 0 Å². The van der Waals surface area contributed by atoms with Crippen LogP contribution in [0.15, 0.2) is 18.7 Å². The Bertz CT molecular complexity index is 603. The highest BCUT2D eigenvalue weighted by Crippen LogP contribution is 2.34. The molecule has 0 amide bonds. The van der Waals surface area contributed by atoms with Crippen molar-refractivity contribution in [1.29, 1.82) is 0 Å². The van der Waals surface area contributed by atoms with E-state index in [4.69, 9.17) is 0 Å². The third-order valence-corrected chi connectivity index (χ3v) is 3.02. The Balaban J connectivity index is 2.19. The van der Waals surface area contributed by atoms with E-state index in [0.29, 0.717) is 17.8 Å². The first-order valence-electron chi connectivity index (χ1n) is 5.42. The Morgan fingerprint density at radius 3 is 2.83 bits per heavy atom. The number of halogens is 3. The van der Waals surface area contributed by atoms with Crippen LogP contribution in [-0.2, 0) is 12.6 Å². The minimum Gasteiger partial charge on any atom is -0.326 e. The van der Waals surface area contributed by atoms with E-state index in [1.54, 1.807) is 6.33 Å². The Kier molecular flexibility index (Phi) is 2.20. The summed E-state index contributed by atoms with van der Waals surface area (Å²) >= 11 is 0. The zero-order valence-electron chi connectivity index (χ0n) is 9.44. The molecule has 2 aromatic heterocycles. The van der Waals surface area contributed by atoms with Crippen LogP contribution in [0.25, 0.3) is 11.4 Å². The largest absolute Gasteiger partial charge is 0.451 e. The van der Waals surface area contributed by atoms with Gasteiger partial charge in [-0.25, -0.2) is 15.0 Å². The average Bonchev–Trinajstić information content (AvgIpc) is 2.77. The van der Waals surface area contributed by atoms with Gasteiger partial charge < -0.3 is 4.57 Å². The molecule has 0 saturated heterocycles. The fourth-order valence-corrected chi connectivity index (χ4v) is 2.17. The summed E-state index contributed by atoms with van der Waals surface area (Å²) in [6, 6.07) is 0.148. The van der Waals surface area contributed by atoms with Gasteiger partial charge >= 0.3 is 6.18 Å². The van der Waals surface area contributed by atoms with Crippen LogP contribution in [0.3, 0.4) is 0 Å². The zero-order chi connectivity index (χ0) is 12.9. The van der Waals surface area contributed by atoms with Crippen molar-refractivity contribution in [3.8, 4) is 11.4 Å². The van der Waals surface area contributed by atoms with E-state index in [2.05, 4.69) is 15.0 Å². The van der Waals surface area contributed by atoms with Gasteiger partial charge in [-0.2, -0.15) is 13.2 Å². The molecule has 1 aliphatic heterocycles. The second-order valence-corrected chi connectivity index (χ2v) is 4.30. The fraction of sp³-hybridized carbons (Fsp3) is 0.364. The molecule has 94 valence electrons. The van der Waals surface area contributed by atoms with Gasteiger partial charge in [0, 0.05) is 17.8 Å². The standard InChI is InChI=1S/C11H9F3N4/c1-6-2-7-3-16-10(11(12,13)14)17-9(7)8-4-15-5-18(6)8/h3-6H,2H2,1H3. The van der Waals surface area contributed by atoms with Crippen LogP contribution in [0.2, 0.25) is 0 Å². The van der Waals surface area contributed by atoms with Crippen LogP contribution in [0.4, 0.5) is 13.2 Å². The topological polar surface area (TPSA) is 43.6 Å². The van der Waals surface area contributed by atoms with Gasteiger partial charge in [-0.05, 0) is 13.3 Å². The molecule has 3 heterocycles. The number of hydrogen-bond donors (Lipinski definition) is 0. The third kappa shape index (κ3) is 1.58. The lowest BCUT2D eigenvalue weighted by molar-refractivity contribution is -0.144. The molecule has 0 bridgehead atoms. The van der Waals surface area contributed by atoms with Crippen molar-refractivity contribution in [1.82, 2.24) is 19.5 Å². The van der Waals surface area contributed by atoms with Crippen molar-refractivity contribution in [2.45, 2.75) is 25.6 Å². The van der Waals surface area contributed by atoms with E-state index >= 15 is 0 Å². The van der Waals surface area contributed by atoms with Gasteiger partial charge in [0.2, 0.25) is 5.82 Å². The number of imidazole rings is 1. The molecule has 0 aliphatic carbocycles. The minimum atomic E-state index is -4.52. The molecule has 0 fully saturated rings. The van der Waals surface area contributed by atoms with Gasteiger partial charge in [-0.15, -0.1) is 0 Å². The molecule has 2 aromatic rings. The smallest absolute Gasteiger partial charge is 0.326 e. The van der Waals surface area contributed by atoms with Crippen molar-refractivity contribution in [3.05, 3.63) is 30.1 Å². The summed E-state index contributed by atoms with van der Waals surface area (Å²) in [5, 5.41) is 0. The molecule has 3 rings (SSSR count). The minimum absolute atomic E-state index is 0.148. The van der Waals surface area contributed by atoms with Crippen molar-refractivity contribution >= 4 is 0 Å². The molecule has 7 heteroatoms. The van der Waals surface area contributed by atoms with Crippen LogP contribution in [0.1, 0.15) is 24.4 Å². The van der Waals surface area contributed by atoms with E-state index < -0.39 is 12.0 Å². The Hall–Kier alpha value is -1.92. The highest BCUT2D eigenvalue weighted by Gasteiger charge is 2.36. The zero-order valence-corrected chi connectivity index (χ0v) is 9.44. The molecule has 0 spiro atoms. The molecular formula is C11H9F3N4. The lowest BCUT2D eigenvalue weighted by Crippen LogP contribution is -2.19. The summed E-state index contributed by atoms with van der Waals surface area (Å²) in [6.07, 6.45) is 0.484. The highest BCUT2D eigenvalue weighted by molar-refractivity contribution is 5.60. The molecule has 1 unspecified atom stereocenters. The first-order chi connectivity index (χ1) is 8.47. The SMILES string of the molecule is CC1Cc2cnc(C(F)(F)F)nc2-c2cncn21. The number of aromatic nitrogens is 4. The van der Waals surface area contributed by atoms with Gasteiger partial charge in [0.15, 0.2) is 0 Å². The first-order valence-corrected chi connectivity index (χ1v) is 5.42. The van der Waals surface area contributed by atoms with Gasteiger partial charge in [0.25, 0.3) is 0 Å². The van der Waals surface area contributed by atoms with E-state index in [9.17, 15) is 13.2 Å². The normalized spacial score (nSPS) is 18.3. The maximum absolute atomic E-state index is 12.6. The predicted octanol–water partition coefficient (Wildman–Crippen LogP) is 2.48. The molecule has 0 radical (unpaired) electrons. The summed E-state index contributed by atoms with van der Waals surface area (Å²) in [7, 11) is 0. The van der Waals surface area contributed by atoms with Crippen LogP contribution in [0.5, 0.6) is 0 Å². The van der Waals surface area contributed by atoms with E-state index in [-0.39, 0.29) is 6.04 Å². The summed E-state index contributed by atoms with van der Waals surface area (Å²) in [5.41, 5.74) is 1.66. The first kappa shape index (κ1) is 11.2. The molecule has 1 aliphatic rings. The molecule has 0 aromatic carbocycles. The fourth-order valence-electron chi connectivity index (χ4n) is 2.17. The Morgan fingerprint density at radius 2 is 2.11 bits per heavy atom. The van der Waals surface area contributed by atoms with E-state index in [1.165, 1.54) is 12.4 Å². The van der Waals surface area contributed by atoms with Crippen molar-refractivity contribution in [3.63, 3.8) is 0 Å². The summed E-state index contributed by atoms with van der Waals surface area (Å²) in [5.74, 6) is -1.11. The van der Waals surface area contributed by atoms with Gasteiger partial charge in [-0.3, -0.25) is 0 Å². The van der Waals surface area contributed by atoms with Crippen molar-refractivity contribution in [2.24, 2.45) is 0 Å². The predicted molar refractivity (Wildman–Crippen MR) is 56.7 cm³/mol. The molecule has 18 heavy (non-hydrogen) atoms. The number of fused-ring (bicyclic) bond motifs is 3. The highest BCUT2D eigenvalue weighted by atomic mass is 19.4. The van der Waals surface area contributed by atoms with Crippen molar-refractivity contribution < 1.29 is 13.2 Å². The van der Waals surface area contributed by atoms with Crippen molar-refractivity contribution in [2.75, 3.05) is 0 Å². The second kappa shape index (κ2) is 3.54. The van der Waals surface area contributed by atoms with Crippen LogP contribution in [0, 0.1) is 0 Å². The summed E-state index contributed by atoms with van der Waals surface area (Å²) < 4.78 is 39.6. The van der Waals surface area contributed by atoms with Crippen LogP contribution >= 0.6 is 0 Å². The summed E-state index contributed by atoms with van der Waals surface area (Å²) in [6.45, 7) is 1.98. The number of nitrogens with zero attached hydrogens (tertiary/aromatic N) is 4. The van der Waals surface area contributed by atoms with E-state index in [0.717, 1.165) is 5.56 Å². The van der Waals surface area contributed by atoms with Crippen LogP contribution < -0.4 is 0 Å². The average molecular weight is 254 g/mol. The molecule has 0 N–H and O–H groups in total. The quantitative estimate of drug-likeness (QED) is 0.725. The lowest BCUT2D eigenvalue weighted by atomic mass is 10.0. The van der Waals surface area contributed by atoms with Gasteiger partial charge in [0.1, 0.15) is 0 Å². The number of alkyl halides is 3. The van der Waals surface area contributed by atoms with Gasteiger partial charge in [0.05, 0.1) is 23.9 Å². The molecular weight excluding hydrogens is 245 g/mol. The monoisotopic (exact) mass is 254 g/mol. The molecule has 4 nitrogen and oxygen atoms in total. The molecule has 0 saturated carbocycles. The lowest BCUT2D eigenvalue weighted by Gasteiger charge is -2.24. The maximum atomic E-state index is 12.6. The third-order valence-electron chi connectivity index (χ3n) is 3.02. The Morgan fingerprint density at radius 1 is 1.33 bits per heavy atom. The molecule has 1 atom stereocenters. The van der Waals surface area contributed by atoms with Crippen LogP contribution in [-0.4, -0.2) is 19.5 Å². The number of hydrogen-bond acceptors (Lipinski definition) is 3. The maximum Gasteiger partial charge on any atom is 0.451 e. The number of rotatable bonds is 0. The second-order valence-electron chi connectivity index (χ2n) is 4.30.